The molecule has 0 unspecified atom stereocenters. The second-order valence-corrected chi connectivity index (χ2v) is 6.83. The Morgan fingerprint density at radius 1 is 1.11 bits per heavy atom. The minimum Gasteiger partial charge on any atom is -0.493 e. The van der Waals surface area contributed by atoms with Crippen molar-refractivity contribution in [1.29, 1.82) is 0 Å². The standard InChI is InChI=1S/C21H23ClN2O3/c1-12-5-7-16(22)20-19(12)15(13(2)24-20)9-10-23-21(25)14-6-8-17(26-3)18(11-14)27-4/h5-8,11,24H,9-10H2,1-4H3,(H,23,25). The Labute approximate surface area is 163 Å². The van der Waals surface area contributed by atoms with Crippen LogP contribution in [0.5, 0.6) is 11.5 Å². The molecule has 0 aliphatic heterocycles. The molecule has 0 aliphatic rings. The van der Waals surface area contributed by atoms with E-state index in [1.807, 2.05) is 19.1 Å². The third-order valence-electron chi connectivity index (χ3n) is 4.74. The van der Waals surface area contributed by atoms with Gasteiger partial charge in [0.2, 0.25) is 0 Å². The number of carbonyl (C=O) groups is 1. The second kappa shape index (κ2) is 7.92. The molecule has 142 valence electrons. The van der Waals surface area contributed by atoms with Gasteiger partial charge in [0.25, 0.3) is 5.91 Å². The van der Waals surface area contributed by atoms with Gasteiger partial charge in [-0.15, -0.1) is 0 Å². The second-order valence-electron chi connectivity index (χ2n) is 6.42. The number of ether oxygens (including phenoxy) is 2. The molecule has 1 heterocycles. The van der Waals surface area contributed by atoms with E-state index in [4.69, 9.17) is 21.1 Å². The first-order valence-corrected chi connectivity index (χ1v) is 9.10. The molecule has 0 saturated carbocycles. The van der Waals surface area contributed by atoms with E-state index >= 15 is 0 Å². The molecule has 27 heavy (non-hydrogen) atoms. The van der Waals surface area contributed by atoms with Crippen LogP contribution in [0.1, 0.15) is 27.2 Å². The monoisotopic (exact) mass is 386 g/mol. The third kappa shape index (κ3) is 3.74. The molecule has 0 spiro atoms. The number of nitrogens with one attached hydrogen (secondary N) is 2. The van der Waals surface area contributed by atoms with Gasteiger partial charge in [-0.2, -0.15) is 0 Å². The van der Waals surface area contributed by atoms with Crippen LogP contribution < -0.4 is 14.8 Å². The number of amides is 1. The Kier molecular flexibility index (Phi) is 5.61. The van der Waals surface area contributed by atoms with E-state index in [1.54, 1.807) is 32.4 Å². The molecule has 0 fully saturated rings. The van der Waals surface area contributed by atoms with Gasteiger partial charge in [-0.3, -0.25) is 4.79 Å². The number of rotatable bonds is 6. The van der Waals surface area contributed by atoms with Gasteiger partial charge in [-0.25, -0.2) is 0 Å². The zero-order valence-electron chi connectivity index (χ0n) is 15.9. The molecule has 2 N–H and O–H groups in total. The lowest BCUT2D eigenvalue weighted by Gasteiger charge is -2.10. The van der Waals surface area contributed by atoms with E-state index in [-0.39, 0.29) is 5.91 Å². The van der Waals surface area contributed by atoms with Gasteiger partial charge in [-0.1, -0.05) is 17.7 Å². The van der Waals surface area contributed by atoms with Gasteiger partial charge in [0.1, 0.15) is 0 Å². The SMILES string of the molecule is COc1ccc(C(=O)NCCc2c(C)[nH]c3c(Cl)ccc(C)c23)cc1OC. The van der Waals surface area contributed by atoms with Crippen molar-refractivity contribution < 1.29 is 14.3 Å². The molecular weight excluding hydrogens is 364 g/mol. The average molecular weight is 387 g/mol. The fourth-order valence-electron chi connectivity index (χ4n) is 3.34. The smallest absolute Gasteiger partial charge is 0.251 e. The number of carbonyl (C=O) groups excluding carboxylic acids is 1. The average Bonchev–Trinajstić information content (AvgIpc) is 3.01. The number of halogens is 1. The van der Waals surface area contributed by atoms with Gasteiger partial charge in [0.05, 0.1) is 24.8 Å². The topological polar surface area (TPSA) is 63.3 Å². The summed E-state index contributed by atoms with van der Waals surface area (Å²) in [5.74, 6) is 0.974. The van der Waals surface area contributed by atoms with Gasteiger partial charge < -0.3 is 19.8 Å². The van der Waals surface area contributed by atoms with Crippen molar-refractivity contribution in [3.63, 3.8) is 0 Å². The molecule has 0 atom stereocenters. The van der Waals surface area contributed by atoms with E-state index in [1.165, 1.54) is 11.1 Å². The summed E-state index contributed by atoms with van der Waals surface area (Å²) in [6.07, 6.45) is 0.714. The zero-order chi connectivity index (χ0) is 19.6. The number of benzene rings is 2. The number of methoxy groups -OCH3 is 2. The van der Waals surface area contributed by atoms with Crippen LogP contribution in [0.2, 0.25) is 5.02 Å². The van der Waals surface area contributed by atoms with Crippen molar-refractivity contribution in [2.45, 2.75) is 20.3 Å². The Hall–Kier alpha value is -2.66. The Morgan fingerprint density at radius 2 is 1.85 bits per heavy atom. The maximum atomic E-state index is 12.5. The summed E-state index contributed by atoms with van der Waals surface area (Å²) >= 11 is 6.31. The normalized spacial score (nSPS) is 10.9. The van der Waals surface area contributed by atoms with Crippen LogP contribution >= 0.6 is 11.6 Å². The van der Waals surface area contributed by atoms with Crippen molar-refractivity contribution in [2.24, 2.45) is 0 Å². The maximum Gasteiger partial charge on any atom is 0.251 e. The van der Waals surface area contributed by atoms with E-state index < -0.39 is 0 Å². The third-order valence-corrected chi connectivity index (χ3v) is 5.05. The maximum absolute atomic E-state index is 12.5. The van der Waals surface area contributed by atoms with Gasteiger partial charge in [0, 0.05) is 23.2 Å². The van der Waals surface area contributed by atoms with E-state index in [9.17, 15) is 4.79 Å². The molecule has 1 amide bonds. The summed E-state index contributed by atoms with van der Waals surface area (Å²) in [6, 6.07) is 9.04. The first-order chi connectivity index (χ1) is 13.0. The molecule has 3 aromatic rings. The molecule has 1 aromatic heterocycles. The fraction of sp³-hybridized carbons (Fsp3) is 0.286. The van der Waals surface area contributed by atoms with Crippen LogP contribution in [-0.4, -0.2) is 31.7 Å². The molecule has 0 aliphatic carbocycles. The summed E-state index contributed by atoms with van der Waals surface area (Å²) in [5, 5.41) is 4.82. The minimum absolute atomic E-state index is 0.150. The largest absolute Gasteiger partial charge is 0.493 e. The number of aromatic nitrogens is 1. The number of fused-ring (bicyclic) bond motifs is 1. The van der Waals surface area contributed by atoms with E-state index in [0.717, 1.165) is 16.6 Å². The van der Waals surface area contributed by atoms with Crippen molar-refractivity contribution >= 4 is 28.4 Å². The van der Waals surface area contributed by atoms with Crippen LogP contribution in [0.25, 0.3) is 10.9 Å². The highest BCUT2D eigenvalue weighted by atomic mass is 35.5. The molecule has 6 heteroatoms. The predicted molar refractivity (Wildman–Crippen MR) is 108 cm³/mol. The van der Waals surface area contributed by atoms with E-state index in [0.29, 0.717) is 35.1 Å². The molecule has 0 bridgehead atoms. The Balaban J connectivity index is 1.74. The van der Waals surface area contributed by atoms with Crippen LogP contribution in [0.4, 0.5) is 0 Å². The summed E-state index contributed by atoms with van der Waals surface area (Å²) in [7, 11) is 3.11. The van der Waals surface area contributed by atoms with Crippen LogP contribution in [0.15, 0.2) is 30.3 Å². The lowest BCUT2D eigenvalue weighted by Crippen LogP contribution is -2.25. The summed E-state index contributed by atoms with van der Waals surface area (Å²) in [6.45, 7) is 4.62. The predicted octanol–water partition coefficient (Wildman–Crippen LogP) is 4.43. The number of H-pyrrole nitrogens is 1. The van der Waals surface area contributed by atoms with E-state index in [2.05, 4.69) is 17.2 Å². The van der Waals surface area contributed by atoms with Gasteiger partial charge >= 0.3 is 0 Å². The number of hydrogen-bond donors (Lipinski definition) is 2. The van der Waals surface area contributed by atoms with Gasteiger partial charge in [-0.05, 0) is 55.7 Å². The zero-order valence-corrected chi connectivity index (χ0v) is 16.7. The highest BCUT2D eigenvalue weighted by molar-refractivity contribution is 6.35. The molecule has 0 radical (unpaired) electrons. The minimum atomic E-state index is -0.150. The Bertz CT molecular complexity index is 995. The van der Waals surface area contributed by atoms with Crippen molar-refractivity contribution in [2.75, 3.05) is 20.8 Å². The van der Waals surface area contributed by atoms with Crippen molar-refractivity contribution in [3.8, 4) is 11.5 Å². The lowest BCUT2D eigenvalue weighted by molar-refractivity contribution is 0.0953. The molecule has 5 nitrogen and oxygen atoms in total. The first-order valence-electron chi connectivity index (χ1n) is 8.72. The Morgan fingerprint density at radius 3 is 2.56 bits per heavy atom. The van der Waals surface area contributed by atoms with Crippen LogP contribution in [0, 0.1) is 13.8 Å². The molecular formula is C21H23ClN2O3. The number of hydrogen-bond acceptors (Lipinski definition) is 3. The molecule has 3 rings (SSSR count). The van der Waals surface area contributed by atoms with Crippen molar-refractivity contribution in [3.05, 3.63) is 57.7 Å². The summed E-state index contributed by atoms with van der Waals surface area (Å²) in [5.41, 5.74) is 4.90. The van der Waals surface area contributed by atoms with Crippen LogP contribution in [-0.2, 0) is 6.42 Å². The quantitative estimate of drug-likeness (QED) is 0.658. The number of aromatic amines is 1. The lowest BCUT2D eigenvalue weighted by atomic mass is 10.0. The summed E-state index contributed by atoms with van der Waals surface area (Å²) < 4.78 is 10.5. The highest BCUT2D eigenvalue weighted by Gasteiger charge is 2.14. The first kappa shape index (κ1) is 19.1. The van der Waals surface area contributed by atoms with Gasteiger partial charge in [0.15, 0.2) is 11.5 Å². The van der Waals surface area contributed by atoms with Crippen LogP contribution in [0.3, 0.4) is 0 Å². The van der Waals surface area contributed by atoms with Crippen molar-refractivity contribution in [1.82, 2.24) is 10.3 Å². The molecule has 2 aromatic carbocycles. The fourth-order valence-corrected chi connectivity index (χ4v) is 3.54. The summed E-state index contributed by atoms with van der Waals surface area (Å²) in [4.78, 5) is 15.8. The highest BCUT2D eigenvalue weighted by Crippen LogP contribution is 2.31. The number of aryl methyl sites for hydroxylation is 2. The molecule has 0 saturated heterocycles.